The van der Waals surface area contributed by atoms with Gasteiger partial charge in [-0.25, -0.2) is 8.42 Å². The molecule has 6 heteroatoms. The van der Waals surface area contributed by atoms with Crippen LogP contribution in [0.1, 0.15) is 29.5 Å². The second-order valence-electron chi connectivity index (χ2n) is 4.54. The topological polar surface area (TPSA) is 67.6 Å². The molecule has 1 saturated heterocycles. The van der Waals surface area contributed by atoms with Crippen molar-refractivity contribution in [2.45, 2.75) is 26.3 Å². The van der Waals surface area contributed by atoms with Gasteiger partial charge in [0.15, 0.2) is 9.84 Å². The van der Waals surface area contributed by atoms with Crippen LogP contribution in [0.5, 0.6) is 0 Å². The van der Waals surface area contributed by atoms with Gasteiger partial charge in [-0.1, -0.05) is 0 Å². The van der Waals surface area contributed by atoms with Gasteiger partial charge < -0.3 is 9.32 Å². The highest BCUT2D eigenvalue weighted by Crippen LogP contribution is 2.21. The number of carbonyl (C=O) groups is 1. The monoisotopic (exact) mass is 271 g/mol. The maximum Gasteiger partial charge on any atom is 0.257 e. The minimum absolute atomic E-state index is 0.0729. The molecule has 2 heterocycles. The van der Waals surface area contributed by atoms with Gasteiger partial charge in [0, 0.05) is 12.6 Å². The number of amides is 1. The zero-order chi connectivity index (χ0) is 13.3. The largest absolute Gasteiger partial charge is 0.469 e. The summed E-state index contributed by atoms with van der Waals surface area (Å²) in [4.78, 5) is 14.0. The molecule has 5 nitrogen and oxygen atoms in total. The standard InChI is InChI=1S/C12H17NO4S/c1-3-13(10-5-7-18(15,16)8-10)12(14)11-4-6-17-9(11)2/h4,6,10H,3,5,7-8H2,1-2H3/t10-/m0/s1. The van der Waals surface area contributed by atoms with E-state index in [2.05, 4.69) is 0 Å². The summed E-state index contributed by atoms with van der Waals surface area (Å²) in [5.41, 5.74) is 0.515. The van der Waals surface area contributed by atoms with Gasteiger partial charge in [0.05, 0.1) is 23.3 Å². The number of carbonyl (C=O) groups excluding carboxylic acids is 1. The lowest BCUT2D eigenvalue weighted by Gasteiger charge is -2.26. The Kier molecular flexibility index (Phi) is 3.47. The van der Waals surface area contributed by atoms with Crippen LogP contribution in [0.4, 0.5) is 0 Å². The third-order valence-electron chi connectivity index (χ3n) is 3.34. The van der Waals surface area contributed by atoms with Gasteiger partial charge in [0.25, 0.3) is 5.91 Å². The molecular weight excluding hydrogens is 254 g/mol. The van der Waals surface area contributed by atoms with Crippen LogP contribution in [0.15, 0.2) is 16.7 Å². The summed E-state index contributed by atoms with van der Waals surface area (Å²) in [6.45, 7) is 4.09. The number of hydrogen-bond acceptors (Lipinski definition) is 4. The Morgan fingerprint density at radius 1 is 1.56 bits per heavy atom. The molecule has 1 aromatic rings. The van der Waals surface area contributed by atoms with Crippen LogP contribution in [-0.4, -0.2) is 43.3 Å². The normalized spacial score (nSPS) is 22.0. The van der Waals surface area contributed by atoms with Crippen molar-refractivity contribution >= 4 is 15.7 Å². The third kappa shape index (κ3) is 2.43. The lowest BCUT2D eigenvalue weighted by atomic mass is 10.1. The fourth-order valence-corrected chi connectivity index (χ4v) is 4.08. The van der Waals surface area contributed by atoms with Crippen molar-refractivity contribution in [3.8, 4) is 0 Å². The highest BCUT2D eigenvalue weighted by molar-refractivity contribution is 7.91. The molecule has 1 amide bonds. The van der Waals surface area contributed by atoms with Crippen molar-refractivity contribution in [3.05, 3.63) is 23.7 Å². The molecule has 1 fully saturated rings. The molecule has 0 saturated carbocycles. The van der Waals surface area contributed by atoms with Crippen molar-refractivity contribution in [1.29, 1.82) is 0 Å². The molecule has 1 aliphatic rings. The maximum absolute atomic E-state index is 12.3. The highest BCUT2D eigenvalue weighted by Gasteiger charge is 2.34. The first-order valence-corrected chi connectivity index (χ1v) is 7.82. The third-order valence-corrected chi connectivity index (χ3v) is 5.09. The molecule has 0 bridgehead atoms. The van der Waals surface area contributed by atoms with Crippen molar-refractivity contribution in [3.63, 3.8) is 0 Å². The molecule has 0 unspecified atom stereocenters. The molecule has 0 N–H and O–H groups in total. The van der Waals surface area contributed by atoms with Gasteiger partial charge in [-0.15, -0.1) is 0 Å². The van der Waals surface area contributed by atoms with E-state index in [9.17, 15) is 13.2 Å². The highest BCUT2D eigenvalue weighted by atomic mass is 32.2. The van der Waals surface area contributed by atoms with E-state index >= 15 is 0 Å². The van der Waals surface area contributed by atoms with Gasteiger partial charge in [0.1, 0.15) is 5.76 Å². The summed E-state index contributed by atoms with van der Waals surface area (Å²) in [5, 5.41) is 0. The van der Waals surface area contributed by atoms with Gasteiger partial charge in [0.2, 0.25) is 0 Å². The summed E-state index contributed by atoms with van der Waals surface area (Å²) in [6.07, 6.45) is 2.00. The number of rotatable bonds is 3. The van der Waals surface area contributed by atoms with E-state index in [1.54, 1.807) is 17.9 Å². The molecule has 2 rings (SSSR count). The van der Waals surface area contributed by atoms with Gasteiger partial charge in [-0.2, -0.15) is 0 Å². The van der Waals surface area contributed by atoms with Crippen molar-refractivity contribution < 1.29 is 17.6 Å². The Morgan fingerprint density at radius 2 is 2.28 bits per heavy atom. The Balaban J connectivity index is 2.20. The molecule has 1 aromatic heterocycles. The zero-order valence-electron chi connectivity index (χ0n) is 10.5. The zero-order valence-corrected chi connectivity index (χ0v) is 11.4. The lowest BCUT2D eigenvalue weighted by molar-refractivity contribution is 0.0706. The first-order chi connectivity index (χ1) is 8.44. The van der Waals surface area contributed by atoms with E-state index in [0.717, 1.165) is 0 Å². The minimum atomic E-state index is -2.98. The first-order valence-electron chi connectivity index (χ1n) is 6.00. The van der Waals surface area contributed by atoms with Gasteiger partial charge in [-0.3, -0.25) is 4.79 Å². The van der Waals surface area contributed by atoms with Gasteiger partial charge in [-0.05, 0) is 26.3 Å². The van der Waals surface area contributed by atoms with E-state index < -0.39 is 9.84 Å². The minimum Gasteiger partial charge on any atom is -0.469 e. The van der Waals surface area contributed by atoms with E-state index in [1.165, 1.54) is 6.26 Å². The Hall–Kier alpha value is -1.30. The SMILES string of the molecule is CCN(C(=O)c1ccoc1C)[C@H]1CCS(=O)(=O)C1. The Bertz CT molecular complexity index is 546. The molecule has 1 atom stereocenters. The number of hydrogen-bond donors (Lipinski definition) is 0. The van der Waals surface area contributed by atoms with Gasteiger partial charge >= 0.3 is 0 Å². The average Bonchev–Trinajstić information content (AvgIpc) is 2.86. The van der Waals surface area contributed by atoms with Crippen LogP contribution >= 0.6 is 0 Å². The van der Waals surface area contributed by atoms with E-state index in [1.807, 2.05) is 6.92 Å². The quantitative estimate of drug-likeness (QED) is 0.829. The van der Waals surface area contributed by atoms with Crippen LogP contribution in [-0.2, 0) is 9.84 Å². The van der Waals surface area contributed by atoms with Crippen molar-refractivity contribution in [2.75, 3.05) is 18.1 Å². The Morgan fingerprint density at radius 3 is 2.72 bits per heavy atom. The van der Waals surface area contributed by atoms with E-state index in [-0.39, 0.29) is 23.5 Å². The fraction of sp³-hybridized carbons (Fsp3) is 0.583. The molecular formula is C12H17NO4S. The summed E-state index contributed by atoms with van der Waals surface area (Å²) < 4.78 is 28.1. The van der Waals surface area contributed by atoms with Crippen molar-refractivity contribution in [2.24, 2.45) is 0 Å². The molecule has 0 aromatic carbocycles. The predicted octanol–water partition coefficient (Wildman–Crippen LogP) is 1.24. The van der Waals surface area contributed by atoms with Crippen LogP contribution in [0, 0.1) is 6.92 Å². The smallest absolute Gasteiger partial charge is 0.257 e. The fourth-order valence-electron chi connectivity index (χ4n) is 2.35. The first kappa shape index (κ1) is 13.1. The van der Waals surface area contributed by atoms with Crippen LogP contribution in [0.25, 0.3) is 0 Å². The molecule has 18 heavy (non-hydrogen) atoms. The summed E-state index contributed by atoms with van der Waals surface area (Å²) in [7, 11) is -2.98. The predicted molar refractivity (Wildman–Crippen MR) is 67.2 cm³/mol. The van der Waals surface area contributed by atoms with Crippen LogP contribution < -0.4 is 0 Å². The number of aryl methyl sites for hydroxylation is 1. The molecule has 0 radical (unpaired) electrons. The molecule has 1 aliphatic heterocycles. The van der Waals surface area contributed by atoms with Crippen molar-refractivity contribution in [1.82, 2.24) is 4.90 Å². The van der Waals surface area contributed by atoms with E-state index in [4.69, 9.17) is 4.42 Å². The second kappa shape index (κ2) is 4.76. The Labute approximate surface area is 107 Å². The second-order valence-corrected chi connectivity index (χ2v) is 6.77. The number of furan rings is 1. The summed E-state index contributed by atoms with van der Waals surface area (Å²) in [6, 6.07) is 1.42. The molecule has 0 aliphatic carbocycles. The molecule has 0 spiro atoms. The maximum atomic E-state index is 12.3. The number of sulfone groups is 1. The van der Waals surface area contributed by atoms with E-state index in [0.29, 0.717) is 24.3 Å². The van der Waals surface area contributed by atoms with Crippen LogP contribution in [0.3, 0.4) is 0 Å². The molecule has 100 valence electrons. The van der Waals surface area contributed by atoms with Crippen LogP contribution in [0.2, 0.25) is 0 Å². The summed E-state index contributed by atoms with van der Waals surface area (Å²) in [5.74, 6) is 0.667. The lowest BCUT2D eigenvalue weighted by Crippen LogP contribution is -2.41. The summed E-state index contributed by atoms with van der Waals surface area (Å²) >= 11 is 0. The number of nitrogens with zero attached hydrogens (tertiary/aromatic N) is 1. The average molecular weight is 271 g/mol.